The van der Waals surface area contributed by atoms with E-state index >= 15 is 0 Å². The van der Waals surface area contributed by atoms with Crippen LogP contribution in [0.15, 0.2) is 84.1 Å². The Morgan fingerprint density at radius 1 is 0.933 bits per heavy atom. The number of esters is 1. The maximum atomic E-state index is 13.6. The second-order valence-electron chi connectivity index (χ2n) is 11.0. The largest absolute Gasteiger partial charge is 0.463 e. The van der Waals surface area contributed by atoms with Crippen LogP contribution in [0.25, 0.3) is 0 Å². The molecule has 1 unspecified atom stereocenters. The SMILES string of the molecule is CCOC(=O)C1=C(C)N(Cc2cccc(C(=O)N3CCN(c4cccc(C(F)(F)F)c4)CC3)c2)C(=O)CC1c1ccc(F)cc1. The molecule has 45 heavy (non-hydrogen) atoms. The number of benzene rings is 3. The van der Waals surface area contributed by atoms with Crippen LogP contribution in [0.1, 0.15) is 53.2 Å². The molecule has 2 amide bonds. The van der Waals surface area contributed by atoms with Crippen molar-refractivity contribution in [1.29, 1.82) is 0 Å². The average molecular weight is 624 g/mol. The van der Waals surface area contributed by atoms with E-state index in [2.05, 4.69) is 0 Å². The van der Waals surface area contributed by atoms with E-state index in [0.717, 1.165) is 12.1 Å². The van der Waals surface area contributed by atoms with Crippen molar-refractivity contribution in [2.45, 2.75) is 38.9 Å². The third-order valence-electron chi connectivity index (χ3n) is 8.21. The normalized spacial score (nSPS) is 17.5. The van der Waals surface area contributed by atoms with Gasteiger partial charge in [0.2, 0.25) is 5.91 Å². The number of anilines is 1. The van der Waals surface area contributed by atoms with Crippen LogP contribution in [0.4, 0.5) is 23.2 Å². The minimum absolute atomic E-state index is 0.00804. The number of carbonyl (C=O) groups is 3. The molecule has 0 N–H and O–H groups in total. The lowest BCUT2D eigenvalue weighted by molar-refractivity contribution is -0.140. The van der Waals surface area contributed by atoms with Crippen LogP contribution in [0, 0.1) is 5.82 Å². The molecule has 0 radical (unpaired) electrons. The first-order valence-electron chi connectivity index (χ1n) is 14.7. The molecule has 2 heterocycles. The Kier molecular flexibility index (Phi) is 9.27. The number of halogens is 4. The smallest absolute Gasteiger partial charge is 0.416 e. The maximum Gasteiger partial charge on any atom is 0.416 e. The number of rotatable bonds is 7. The van der Waals surface area contributed by atoms with Crippen molar-refractivity contribution in [3.63, 3.8) is 0 Å². The first-order chi connectivity index (χ1) is 21.5. The van der Waals surface area contributed by atoms with Crippen LogP contribution in [-0.4, -0.2) is 60.4 Å². The second kappa shape index (κ2) is 13.1. The van der Waals surface area contributed by atoms with Crippen molar-refractivity contribution in [1.82, 2.24) is 9.80 Å². The number of hydrogen-bond donors (Lipinski definition) is 0. The molecule has 1 saturated heterocycles. The van der Waals surface area contributed by atoms with Gasteiger partial charge in [-0.2, -0.15) is 13.2 Å². The average Bonchev–Trinajstić information content (AvgIpc) is 3.03. The lowest BCUT2D eigenvalue weighted by Crippen LogP contribution is -2.48. The number of ether oxygens (including phenoxy) is 1. The third kappa shape index (κ3) is 7.02. The predicted octanol–water partition coefficient (Wildman–Crippen LogP) is 6.16. The Morgan fingerprint density at radius 2 is 1.62 bits per heavy atom. The fourth-order valence-electron chi connectivity index (χ4n) is 5.87. The molecule has 0 aliphatic carbocycles. The molecule has 11 heteroatoms. The Hall–Kier alpha value is -4.67. The van der Waals surface area contributed by atoms with Gasteiger partial charge in [-0.15, -0.1) is 0 Å². The van der Waals surface area contributed by atoms with Crippen molar-refractivity contribution >= 4 is 23.5 Å². The summed E-state index contributed by atoms with van der Waals surface area (Å²) in [5, 5.41) is 0. The minimum Gasteiger partial charge on any atom is -0.463 e. The van der Waals surface area contributed by atoms with Gasteiger partial charge in [0, 0.05) is 55.5 Å². The monoisotopic (exact) mass is 623 g/mol. The molecule has 0 bridgehead atoms. The summed E-state index contributed by atoms with van der Waals surface area (Å²) in [6.07, 6.45) is -4.44. The van der Waals surface area contributed by atoms with Gasteiger partial charge in [-0.1, -0.05) is 30.3 Å². The van der Waals surface area contributed by atoms with Gasteiger partial charge in [-0.25, -0.2) is 9.18 Å². The van der Waals surface area contributed by atoms with Crippen LogP contribution in [0.3, 0.4) is 0 Å². The van der Waals surface area contributed by atoms with E-state index in [4.69, 9.17) is 4.74 Å². The van der Waals surface area contributed by atoms with Gasteiger partial charge < -0.3 is 19.4 Å². The predicted molar refractivity (Wildman–Crippen MR) is 160 cm³/mol. The van der Waals surface area contributed by atoms with Gasteiger partial charge in [0.1, 0.15) is 5.82 Å². The molecule has 3 aromatic carbocycles. The summed E-state index contributed by atoms with van der Waals surface area (Å²) >= 11 is 0. The Balaban J connectivity index is 1.31. The Labute approximate surface area is 258 Å². The van der Waals surface area contributed by atoms with Crippen LogP contribution in [0.2, 0.25) is 0 Å². The molecule has 1 fully saturated rings. The van der Waals surface area contributed by atoms with Gasteiger partial charge >= 0.3 is 12.1 Å². The number of carbonyl (C=O) groups excluding carboxylic acids is 3. The molecular formula is C34H33F4N3O4. The summed E-state index contributed by atoms with van der Waals surface area (Å²) in [6, 6.07) is 17.8. The maximum absolute atomic E-state index is 13.6. The molecule has 0 spiro atoms. The summed E-state index contributed by atoms with van der Waals surface area (Å²) in [5.74, 6) is -2.00. The highest BCUT2D eigenvalue weighted by atomic mass is 19.4. The standard InChI is InChI=1S/C34H33F4N3O4/c1-3-45-33(44)31-22(2)41(30(42)20-29(31)24-10-12-27(35)13-11-24)21-23-6-4-7-25(18-23)32(43)40-16-14-39(15-17-40)28-9-5-8-26(19-28)34(36,37)38/h4-13,18-19,29H,3,14-17,20-21H2,1-2H3. The van der Waals surface area contributed by atoms with E-state index in [1.165, 1.54) is 23.1 Å². The highest BCUT2D eigenvalue weighted by Crippen LogP contribution is 2.38. The number of amides is 2. The van der Waals surface area contributed by atoms with Crippen LogP contribution >= 0.6 is 0 Å². The van der Waals surface area contributed by atoms with Gasteiger partial charge in [-0.05, 0) is 67.4 Å². The van der Waals surface area contributed by atoms with Crippen molar-refractivity contribution in [2.75, 3.05) is 37.7 Å². The lowest BCUT2D eigenvalue weighted by atomic mass is 9.83. The van der Waals surface area contributed by atoms with Crippen LogP contribution < -0.4 is 4.90 Å². The van der Waals surface area contributed by atoms with E-state index in [9.17, 15) is 31.9 Å². The molecule has 7 nitrogen and oxygen atoms in total. The van der Waals surface area contributed by atoms with E-state index < -0.39 is 29.4 Å². The molecule has 3 aromatic rings. The summed E-state index contributed by atoms with van der Waals surface area (Å²) in [6.45, 7) is 5.07. The Bertz CT molecular complexity index is 1610. The number of piperazine rings is 1. The molecule has 0 aromatic heterocycles. The first-order valence-corrected chi connectivity index (χ1v) is 14.7. The molecule has 2 aliphatic heterocycles. The number of allylic oxidation sites excluding steroid dienone is 1. The summed E-state index contributed by atoms with van der Waals surface area (Å²) in [4.78, 5) is 44.9. The van der Waals surface area contributed by atoms with Crippen LogP contribution in [0.5, 0.6) is 0 Å². The fraction of sp³-hybridized carbons (Fsp3) is 0.324. The van der Waals surface area contributed by atoms with Crippen molar-refractivity contribution in [2.24, 2.45) is 0 Å². The first kappa shape index (κ1) is 31.7. The zero-order valence-electron chi connectivity index (χ0n) is 24.9. The fourth-order valence-corrected chi connectivity index (χ4v) is 5.87. The molecule has 2 aliphatic rings. The highest BCUT2D eigenvalue weighted by Gasteiger charge is 2.37. The second-order valence-corrected chi connectivity index (χ2v) is 11.0. The van der Waals surface area contributed by atoms with E-state index in [0.29, 0.717) is 59.8 Å². The molecule has 236 valence electrons. The molecule has 0 saturated carbocycles. The minimum atomic E-state index is -4.43. The molecule has 5 rings (SSSR count). The topological polar surface area (TPSA) is 70.2 Å². The molecule has 1 atom stereocenters. The third-order valence-corrected chi connectivity index (χ3v) is 8.21. The number of alkyl halides is 3. The van der Waals surface area contributed by atoms with Crippen molar-refractivity contribution in [3.05, 3.63) is 112 Å². The lowest BCUT2D eigenvalue weighted by Gasteiger charge is -2.36. The van der Waals surface area contributed by atoms with Crippen molar-refractivity contribution in [3.8, 4) is 0 Å². The van der Waals surface area contributed by atoms with Gasteiger partial charge in [0.25, 0.3) is 5.91 Å². The molecular weight excluding hydrogens is 590 g/mol. The summed E-state index contributed by atoms with van der Waals surface area (Å²) in [7, 11) is 0. The number of hydrogen-bond acceptors (Lipinski definition) is 5. The Morgan fingerprint density at radius 3 is 2.29 bits per heavy atom. The van der Waals surface area contributed by atoms with Gasteiger partial charge in [0.05, 0.1) is 24.3 Å². The quantitative estimate of drug-likeness (QED) is 0.233. The number of nitrogens with zero attached hydrogens (tertiary/aromatic N) is 3. The van der Waals surface area contributed by atoms with E-state index in [1.54, 1.807) is 61.2 Å². The van der Waals surface area contributed by atoms with Gasteiger partial charge in [0.15, 0.2) is 0 Å². The van der Waals surface area contributed by atoms with Crippen molar-refractivity contribution < 1.29 is 36.7 Å². The summed E-state index contributed by atoms with van der Waals surface area (Å²) in [5.41, 5.74) is 2.23. The highest BCUT2D eigenvalue weighted by molar-refractivity contribution is 5.96. The van der Waals surface area contributed by atoms with Crippen LogP contribution in [-0.2, 0) is 27.0 Å². The summed E-state index contributed by atoms with van der Waals surface area (Å²) < 4.78 is 58.4. The zero-order chi connectivity index (χ0) is 32.3. The van der Waals surface area contributed by atoms with E-state index in [-0.39, 0.29) is 31.4 Å². The van der Waals surface area contributed by atoms with Gasteiger partial charge in [-0.3, -0.25) is 9.59 Å². The van der Waals surface area contributed by atoms with E-state index in [1.807, 2.05) is 4.90 Å². The zero-order valence-corrected chi connectivity index (χ0v) is 24.9.